The van der Waals surface area contributed by atoms with Crippen molar-refractivity contribution in [2.75, 3.05) is 0 Å². The summed E-state index contributed by atoms with van der Waals surface area (Å²) in [6.07, 6.45) is -0.331. The number of carboxylic acids is 1. The number of hydrogen-bond donors (Lipinski definition) is 1. The van der Waals surface area contributed by atoms with Gasteiger partial charge in [-0.2, -0.15) is 0 Å². The van der Waals surface area contributed by atoms with Crippen molar-refractivity contribution in [3.8, 4) is 0 Å². The summed E-state index contributed by atoms with van der Waals surface area (Å²) < 4.78 is 38.5. The van der Waals surface area contributed by atoms with E-state index in [4.69, 9.17) is 5.11 Å². The minimum Gasteiger partial charge on any atom is -0.481 e. The highest BCUT2D eigenvalue weighted by molar-refractivity contribution is 5.67. The lowest BCUT2D eigenvalue weighted by Gasteiger charge is -2.10. The second kappa shape index (κ2) is 4.33. The molecule has 1 N–H and O–H groups in total. The molecule has 0 radical (unpaired) electrons. The van der Waals surface area contributed by atoms with Gasteiger partial charge >= 0.3 is 5.97 Å². The average Bonchev–Trinajstić information content (AvgIpc) is 2.09. The van der Waals surface area contributed by atoms with Crippen molar-refractivity contribution in [2.24, 2.45) is 0 Å². The zero-order valence-electron chi connectivity index (χ0n) is 7.93. The third-order valence-corrected chi connectivity index (χ3v) is 2.05. The number of carboxylic acid groups (broad SMARTS) is 1. The molecule has 0 aliphatic rings. The van der Waals surface area contributed by atoms with Gasteiger partial charge in [0.25, 0.3) is 0 Å². The van der Waals surface area contributed by atoms with Crippen LogP contribution in [0.2, 0.25) is 0 Å². The van der Waals surface area contributed by atoms with Gasteiger partial charge in [0, 0.05) is 6.07 Å². The Balaban J connectivity index is 3.03. The molecule has 1 rings (SSSR count). The van der Waals surface area contributed by atoms with E-state index in [1.54, 1.807) is 0 Å². The van der Waals surface area contributed by atoms with Crippen molar-refractivity contribution in [1.29, 1.82) is 0 Å². The van der Waals surface area contributed by atoms with Crippen molar-refractivity contribution < 1.29 is 23.1 Å². The largest absolute Gasteiger partial charge is 0.481 e. The molecule has 5 heteroatoms. The molecule has 0 fully saturated rings. The predicted molar refractivity (Wildman–Crippen MR) is 47.0 cm³/mol. The van der Waals surface area contributed by atoms with Gasteiger partial charge in [0.05, 0.1) is 6.42 Å². The molecule has 1 unspecified atom stereocenters. The summed E-state index contributed by atoms with van der Waals surface area (Å²) >= 11 is 0. The summed E-state index contributed by atoms with van der Waals surface area (Å²) in [7, 11) is 0. The molecule has 1 aromatic rings. The van der Waals surface area contributed by atoms with Crippen LogP contribution in [-0.4, -0.2) is 11.1 Å². The van der Waals surface area contributed by atoms with E-state index in [1.165, 1.54) is 6.92 Å². The molecule has 1 aromatic carbocycles. The summed E-state index contributed by atoms with van der Waals surface area (Å²) in [6.45, 7) is 1.43. The van der Waals surface area contributed by atoms with Crippen LogP contribution in [0, 0.1) is 17.5 Å². The van der Waals surface area contributed by atoms with Gasteiger partial charge in [0.2, 0.25) is 0 Å². The Morgan fingerprint density at radius 3 is 2.33 bits per heavy atom. The second-order valence-electron chi connectivity index (χ2n) is 3.29. The van der Waals surface area contributed by atoms with Gasteiger partial charge in [0.15, 0.2) is 11.6 Å². The lowest BCUT2D eigenvalue weighted by molar-refractivity contribution is -0.137. The summed E-state index contributed by atoms with van der Waals surface area (Å²) in [5.74, 6) is -5.20. The minimum absolute atomic E-state index is 0.128. The highest BCUT2D eigenvalue weighted by atomic mass is 19.2. The highest BCUT2D eigenvalue weighted by Gasteiger charge is 2.17. The Morgan fingerprint density at radius 2 is 1.80 bits per heavy atom. The van der Waals surface area contributed by atoms with E-state index in [1.807, 2.05) is 0 Å². The topological polar surface area (TPSA) is 37.3 Å². The quantitative estimate of drug-likeness (QED) is 0.792. The fourth-order valence-electron chi connectivity index (χ4n) is 1.29. The number of rotatable bonds is 3. The summed E-state index contributed by atoms with van der Waals surface area (Å²) in [6, 6.07) is 1.11. The maximum Gasteiger partial charge on any atom is 0.303 e. The fourth-order valence-corrected chi connectivity index (χ4v) is 1.29. The number of benzene rings is 1. The maximum atomic E-state index is 13.1. The van der Waals surface area contributed by atoms with Crippen LogP contribution in [0.1, 0.15) is 24.8 Å². The smallest absolute Gasteiger partial charge is 0.303 e. The van der Waals surface area contributed by atoms with Gasteiger partial charge < -0.3 is 5.11 Å². The molecule has 0 aliphatic carbocycles. The van der Waals surface area contributed by atoms with E-state index in [0.29, 0.717) is 12.1 Å². The Bertz CT molecular complexity index is 390. The molecule has 15 heavy (non-hydrogen) atoms. The second-order valence-corrected chi connectivity index (χ2v) is 3.29. The first-order valence-electron chi connectivity index (χ1n) is 4.28. The van der Waals surface area contributed by atoms with E-state index in [0.717, 1.165) is 0 Å². The first-order chi connectivity index (χ1) is 6.91. The molecule has 2 nitrogen and oxygen atoms in total. The molecule has 0 aliphatic heterocycles. The molecular weight excluding hydrogens is 209 g/mol. The first-order valence-corrected chi connectivity index (χ1v) is 4.28. The van der Waals surface area contributed by atoms with Crippen molar-refractivity contribution in [3.05, 3.63) is 35.1 Å². The zero-order chi connectivity index (χ0) is 11.6. The van der Waals surface area contributed by atoms with E-state index < -0.39 is 29.3 Å². The molecule has 0 saturated heterocycles. The van der Waals surface area contributed by atoms with Crippen LogP contribution in [0.15, 0.2) is 12.1 Å². The van der Waals surface area contributed by atoms with Crippen molar-refractivity contribution >= 4 is 5.97 Å². The third-order valence-electron chi connectivity index (χ3n) is 2.05. The Morgan fingerprint density at radius 1 is 1.27 bits per heavy atom. The first kappa shape index (κ1) is 11.6. The molecule has 0 bridgehead atoms. The monoisotopic (exact) mass is 218 g/mol. The molecule has 0 heterocycles. The Labute approximate surface area is 84.3 Å². The summed E-state index contributed by atoms with van der Waals surface area (Å²) in [4.78, 5) is 10.4. The molecule has 0 spiro atoms. The fraction of sp³-hybridized carbons (Fsp3) is 0.300. The van der Waals surface area contributed by atoms with E-state index in [9.17, 15) is 18.0 Å². The van der Waals surface area contributed by atoms with E-state index in [-0.39, 0.29) is 12.0 Å². The lowest BCUT2D eigenvalue weighted by Crippen LogP contribution is -2.06. The number of aliphatic carboxylic acids is 1. The standard InChI is InChI=1S/C10H9F3O2/c1-5(2-10(14)15)6-3-8(12)9(13)4-7(6)11/h3-5H,2H2,1H3,(H,14,15). The third kappa shape index (κ3) is 2.71. The molecule has 82 valence electrons. The Hall–Kier alpha value is -1.52. The predicted octanol–water partition coefficient (Wildman–Crippen LogP) is 2.68. The molecule has 0 amide bonds. The highest BCUT2D eigenvalue weighted by Crippen LogP contribution is 2.24. The van der Waals surface area contributed by atoms with Gasteiger partial charge in [-0.05, 0) is 17.5 Å². The number of halogens is 3. The average molecular weight is 218 g/mol. The van der Waals surface area contributed by atoms with Crippen LogP contribution in [-0.2, 0) is 4.79 Å². The number of carbonyl (C=O) groups is 1. The summed E-state index contributed by atoms with van der Waals surface area (Å²) in [5, 5.41) is 8.47. The molecular formula is C10H9F3O2. The van der Waals surface area contributed by atoms with E-state index in [2.05, 4.69) is 0 Å². The van der Waals surface area contributed by atoms with Crippen LogP contribution in [0.25, 0.3) is 0 Å². The normalized spacial score (nSPS) is 12.5. The van der Waals surface area contributed by atoms with E-state index >= 15 is 0 Å². The van der Waals surface area contributed by atoms with Crippen molar-refractivity contribution in [2.45, 2.75) is 19.3 Å². The minimum atomic E-state index is -1.28. The summed E-state index contributed by atoms with van der Waals surface area (Å²) in [5.41, 5.74) is -0.128. The van der Waals surface area contributed by atoms with Crippen molar-refractivity contribution in [3.63, 3.8) is 0 Å². The molecule has 0 aromatic heterocycles. The van der Waals surface area contributed by atoms with Gasteiger partial charge in [-0.15, -0.1) is 0 Å². The number of hydrogen-bond acceptors (Lipinski definition) is 1. The van der Waals surface area contributed by atoms with Crippen molar-refractivity contribution in [1.82, 2.24) is 0 Å². The molecule has 1 atom stereocenters. The van der Waals surface area contributed by atoms with Crippen LogP contribution in [0.5, 0.6) is 0 Å². The Kier molecular flexibility index (Phi) is 3.34. The van der Waals surface area contributed by atoms with Gasteiger partial charge in [-0.25, -0.2) is 13.2 Å². The maximum absolute atomic E-state index is 13.1. The van der Waals surface area contributed by atoms with Crippen LogP contribution >= 0.6 is 0 Å². The van der Waals surface area contributed by atoms with Crippen LogP contribution < -0.4 is 0 Å². The zero-order valence-corrected chi connectivity index (χ0v) is 7.93. The van der Waals surface area contributed by atoms with Gasteiger partial charge in [-0.3, -0.25) is 4.79 Å². The van der Waals surface area contributed by atoms with Crippen LogP contribution in [0.4, 0.5) is 13.2 Å². The molecule has 0 saturated carbocycles. The van der Waals surface area contributed by atoms with Crippen LogP contribution in [0.3, 0.4) is 0 Å². The lowest BCUT2D eigenvalue weighted by atomic mass is 9.97. The van der Waals surface area contributed by atoms with Gasteiger partial charge in [0.1, 0.15) is 5.82 Å². The SMILES string of the molecule is CC(CC(=O)O)c1cc(F)c(F)cc1F. The van der Waals surface area contributed by atoms with Gasteiger partial charge in [-0.1, -0.05) is 6.92 Å².